The van der Waals surface area contributed by atoms with Crippen LogP contribution in [0.4, 0.5) is 10.5 Å². The van der Waals surface area contributed by atoms with Gasteiger partial charge in [-0.1, -0.05) is 0 Å². The Hall–Kier alpha value is -2.64. The van der Waals surface area contributed by atoms with Crippen LogP contribution < -0.4 is 4.74 Å². The minimum atomic E-state index is -1.27. The molecule has 8 heteroatoms. The van der Waals surface area contributed by atoms with E-state index in [-0.39, 0.29) is 11.4 Å². The van der Waals surface area contributed by atoms with E-state index in [1.807, 2.05) is 0 Å². The number of carbonyl (C=O) groups excluding carboxylic acids is 1. The van der Waals surface area contributed by atoms with Crippen LogP contribution in [0.15, 0.2) is 24.3 Å². The zero-order valence-corrected chi connectivity index (χ0v) is 11.7. The molecule has 0 bridgehead atoms. The van der Waals surface area contributed by atoms with Crippen molar-refractivity contribution in [3.8, 4) is 5.75 Å². The molecule has 1 N–H and O–H groups in total. The third kappa shape index (κ3) is 4.16. The number of aliphatic carboxylic acids is 1. The highest BCUT2D eigenvalue weighted by molar-refractivity contribution is 5.75. The van der Waals surface area contributed by atoms with Gasteiger partial charge in [0.25, 0.3) is 5.69 Å². The molecule has 0 saturated heterocycles. The van der Waals surface area contributed by atoms with Gasteiger partial charge in [0, 0.05) is 12.1 Å². The maximum Gasteiger partial charge on any atom is 0.514 e. The fourth-order valence-electron chi connectivity index (χ4n) is 1.22. The van der Waals surface area contributed by atoms with Crippen LogP contribution in [-0.4, -0.2) is 28.3 Å². The molecule has 1 atom stereocenters. The van der Waals surface area contributed by atoms with Gasteiger partial charge in [0.2, 0.25) is 0 Å². The van der Waals surface area contributed by atoms with Crippen molar-refractivity contribution in [2.45, 2.75) is 26.9 Å². The lowest BCUT2D eigenvalue weighted by Gasteiger charge is -2.26. The van der Waals surface area contributed by atoms with Crippen molar-refractivity contribution in [1.82, 2.24) is 0 Å². The number of hydrogen-bond donors (Lipinski definition) is 1. The second-order valence-electron chi connectivity index (χ2n) is 4.89. The first-order valence-electron chi connectivity index (χ1n) is 6.01. The molecule has 0 spiro atoms. The number of nitro benzene ring substituents is 1. The molecule has 1 rings (SSSR count). The summed E-state index contributed by atoms with van der Waals surface area (Å²) in [6.45, 7) is 4.27. The Morgan fingerprint density at radius 1 is 1.29 bits per heavy atom. The van der Waals surface area contributed by atoms with E-state index in [9.17, 15) is 19.7 Å². The quantitative estimate of drug-likeness (QED) is 0.384. The van der Waals surface area contributed by atoms with Crippen LogP contribution in [0.3, 0.4) is 0 Å². The van der Waals surface area contributed by atoms with E-state index < -0.39 is 28.6 Å². The summed E-state index contributed by atoms with van der Waals surface area (Å²) in [7, 11) is 0. The normalized spacial score (nSPS) is 12.3. The van der Waals surface area contributed by atoms with Gasteiger partial charge in [0.15, 0.2) is 0 Å². The average molecular weight is 297 g/mol. The third-order valence-corrected chi connectivity index (χ3v) is 3.09. The number of benzene rings is 1. The predicted octanol–water partition coefficient (Wildman–Crippen LogP) is 2.61. The number of ether oxygens (including phenoxy) is 2. The Balaban J connectivity index is 2.65. The van der Waals surface area contributed by atoms with Gasteiger partial charge in [0.1, 0.15) is 11.9 Å². The molecule has 114 valence electrons. The van der Waals surface area contributed by atoms with E-state index in [1.54, 1.807) is 0 Å². The molecule has 8 nitrogen and oxygen atoms in total. The summed E-state index contributed by atoms with van der Waals surface area (Å²) >= 11 is 0. The molecule has 0 aliphatic heterocycles. The highest BCUT2D eigenvalue weighted by Crippen LogP contribution is 2.24. The lowest BCUT2D eigenvalue weighted by atomic mass is 9.88. The number of hydrogen-bond acceptors (Lipinski definition) is 6. The van der Waals surface area contributed by atoms with E-state index in [1.165, 1.54) is 45.0 Å². The minimum Gasteiger partial charge on any atom is -0.481 e. The van der Waals surface area contributed by atoms with E-state index in [4.69, 9.17) is 14.6 Å². The highest BCUT2D eigenvalue weighted by Gasteiger charge is 2.37. The summed E-state index contributed by atoms with van der Waals surface area (Å²) in [4.78, 5) is 32.4. The van der Waals surface area contributed by atoms with Crippen LogP contribution in [0.2, 0.25) is 0 Å². The molecule has 0 aliphatic carbocycles. The van der Waals surface area contributed by atoms with Gasteiger partial charge in [-0.3, -0.25) is 14.9 Å². The molecule has 0 heterocycles. The first-order chi connectivity index (χ1) is 9.64. The minimum absolute atomic E-state index is 0.0610. The smallest absolute Gasteiger partial charge is 0.481 e. The second-order valence-corrected chi connectivity index (χ2v) is 4.89. The molecule has 1 unspecified atom stereocenters. The van der Waals surface area contributed by atoms with Crippen molar-refractivity contribution < 1.29 is 29.1 Å². The fourth-order valence-corrected chi connectivity index (χ4v) is 1.22. The van der Waals surface area contributed by atoms with Crippen molar-refractivity contribution in [3.63, 3.8) is 0 Å². The Labute approximate surface area is 120 Å². The van der Waals surface area contributed by atoms with Crippen LogP contribution in [-0.2, 0) is 9.53 Å². The van der Waals surface area contributed by atoms with Gasteiger partial charge in [0.05, 0.1) is 10.3 Å². The lowest BCUT2D eigenvalue weighted by molar-refractivity contribution is -0.384. The second kappa shape index (κ2) is 6.21. The Morgan fingerprint density at radius 2 is 1.81 bits per heavy atom. The molecular weight excluding hydrogens is 282 g/mol. The molecule has 21 heavy (non-hydrogen) atoms. The standard InChI is InChI=1S/C13H15NO7/c1-8(13(2,3)11(15)16)20-12(17)21-10-6-4-9(5-7-10)14(18)19/h4-8H,1-3H3,(H,15,16). The molecule has 0 amide bonds. The van der Waals surface area contributed by atoms with Crippen molar-refractivity contribution >= 4 is 17.8 Å². The van der Waals surface area contributed by atoms with Crippen LogP contribution in [0.25, 0.3) is 0 Å². The zero-order valence-electron chi connectivity index (χ0n) is 11.7. The first-order valence-corrected chi connectivity index (χ1v) is 6.01. The van der Waals surface area contributed by atoms with Gasteiger partial charge in [-0.05, 0) is 32.9 Å². The number of carbonyl (C=O) groups is 2. The molecule has 0 aromatic heterocycles. The number of nitrogens with zero attached hydrogens (tertiary/aromatic N) is 1. The Morgan fingerprint density at radius 3 is 2.24 bits per heavy atom. The molecular formula is C13H15NO7. The van der Waals surface area contributed by atoms with Crippen molar-refractivity contribution in [2.24, 2.45) is 5.41 Å². The summed E-state index contributed by atoms with van der Waals surface area (Å²) < 4.78 is 9.70. The van der Waals surface area contributed by atoms with E-state index >= 15 is 0 Å². The maximum atomic E-state index is 11.5. The van der Waals surface area contributed by atoms with Crippen LogP contribution >= 0.6 is 0 Å². The number of carboxylic acids is 1. The van der Waals surface area contributed by atoms with Gasteiger partial charge >= 0.3 is 12.1 Å². The average Bonchev–Trinajstić information content (AvgIpc) is 2.38. The largest absolute Gasteiger partial charge is 0.514 e. The molecule has 0 fully saturated rings. The highest BCUT2D eigenvalue weighted by atomic mass is 16.7. The van der Waals surface area contributed by atoms with E-state index in [0.29, 0.717) is 0 Å². The number of non-ortho nitro benzene ring substituents is 1. The SMILES string of the molecule is CC(OC(=O)Oc1ccc([N+](=O)[O-])cc1)C(C)(C)C(=O)O. The van der Waals surface area contributed by atoms with Crippen LogP contribution in [0, 0.1) is 15.5 Å². The summed E-state index contributed by atoms with van der Waals surface area (Å²) in [6.07, 6.45) is -1.99. The topological polar surface area (TPSA) is 116 Å². The van der Waals surface area contributed by atoms with Gasteiger partial charge in [-0.25, -0.2) is 4.79 Å². The summed E-state index contributed by atoms with van der Waals surface area (Å²) in [6, 6.07) is 4.83. The summed E-state index contributed by atoms with van der Waals surface area (Å²) in [5.74, 6) is -1.05. The first kappa shape index (κ1) is 16.4. The lowest BCUT2D eigenvalue weighted by Crippen LogP contribution is -2.38. The summed E-state index contributed by atoms with van der Waals surface area (Å²) in [5, 5.41) is 19.5. The van der Waals surface area contributed by atoms with Crippen LogP contribution in [0.1, 0.15) is 20.8 Å². The van der Waals surface area contributed by atoms with E-state index in [0.717, 1.165) is 0 Å². The molecule has 0 radical (unpaired) electrons. The van der Waals surface area contributed by atoms with Crippen LogP contribution in [0.5, 0.6) is 5.75 Å². The van der Waals surface area contributed by atoms with Gasteiger partial charge < -0.3 is 14.6 Å². The monoisotopic (exact) mass is 297 g/mol. The van der Waals surface area contributed by atoms with Crippen molar-refractivity contribution in [2.75, 3.05) is 0 Å². The number of nitro groups is 1. The van der Waals surface area contributed by atoms with Gasteiger partial charge in [-0.15, -0.1) is 0 Å². The number of rotatable bonds is 5. The van der Waals surface area contributed by atoms with E-state index in [2.05, 4.69) is 0 Å². The molecule has 0 aliphatic rings. The summed E-state index contributed by atoms with van der Waals surface area (Å²) in [5.41, 5.74) is -1.41. The Bertz CT molecular complexity index is 550. The molecule has 1 aromatic carbocycles. The Kier molecular flexibility index (Phi) is 4.85. The van der Waals surface area contributed by atoms with Crippen molar-refractivity contribution in [1.29, 1.82) is 0 Å². The molecule has 0 saturated carbocycles. The predicted molar refractivity (Wildman–Crippen MR) is 71.1 cm³/mol. The molecule has 1 aromatic rings. The number of carboxylic acid groups (broad SMARTS) is 1. The van der Waals surface area contributed by atoms with Gasteiger partial charge in [-0.2, -0.15) is 0 Å². The fraction of sp³-hybridized carbons (Fsp3) is 0.385. The zero-order chi connectivity index (χ0) is 16.2. The maximum absolute atomic E-state index is 11.5. The van der Waals surface area contributed by atoms with Crippen molar-refractivity contribution in [3.05, 3.63) is 34.4 Å². The third-order valence-electron chi connectivity index (χ3n) is 3.09.